The first kappa shape index (κ1) is 22.1. The van der Waals surface area contributed by atoms with E-state index < -0.39 is 23.2 Å². The zero-order valence-electron chi connectivity index (χ0n) is 17.4. The van der Waals surface area contributed by atoms with Crippen LogP contribution >= 0.6 is 0 Å². The molecule has 6 nitrogen and oxygen atoms in total. The standard InChI is InChI=1S/C24H24FNO5/c1-24(2,23(28)29)26-22(27)19-15-20(25)17-11-6-7-12-18(17)21(19)31-14-8-13-30-16-9-4-3-5-10-16/h3-7,9-12,15H,8,13-14H2,1-2H3,(H,26,27)(H,28,29). The van der Waals surface area contributed by atoms with Crippen LogP contribution in [0, 0.1) is 5.82 Å². The van der Waals surface area contributed by atoms with Gasteiger partial charge < -0.3 is 19.9 Å². The summed E-state index contributed by atoms with van der Waals surface area (Å²) in [5.74, 6) is -1.58. The van der Waals surface area contributed by atoms with E-state index in [2.05, 4.69) is 5.32 Å². The summed E-state index contributed by atoms with van der Waals surface area (Å²) in [5, 5.41) is 12.5. The lowest BCUT2D eigenvalue weighted by Gasteiger charge is -2.22. The summed E-state index contributed by atoms with van der Waals surface area (Å²) < 4.78 is 26.2. The van der Waals surface area contributed by atoms with E-state index in [1.165, 1.54) is 13.8 Å². The highest BCUT2D eigenvalue weighted by molar-refractivity contribution is 6.05. The number of aliphatic carboxylic acids is 1. The predicted molar refractivity (Wildman–Crippen MR) is 115 cm³/mol. The molecule has 0 aromatic heterocycles. The Balaban J connectivity index is 1.80. The summed E-state index contributed by atoms with van der Waals surface area (Å²) in [7, 11) is 0. The summed E-state index contributed by atoms with van der Waals surface area (Å²) in [5.41, 5.74) is -1.59. The summed E-state index contributed by atoms with van der Waals surface area (Å²) >= 11 is 0. The third-order valence-electron chi connectivity index (χ3n) is 4.70. The maximum atomic E-state index is 14.6. The number of carbonyl (C=O) groups excluding carboxylic acids is 1. The molecule has 162 valence electrons. The van der Waals surface area contributed by atoms with Crippen molar-refractivity contribution in [3.63, 3.8) is 0 Å². The highest BCUT2D eigenvalue weighted by Crippen LogP contribution is 2.32. The molecule has 1 amide bonds. The van der Waals surface area contributed by atoms with Crippen LogP contribution in [-0.4, -0.2) is 35.7 Å². The minimum Gasteiger partial charge on any atom is -0.493 e. The molecule has 0 bridgehead atoms. The van der Waals surface area contributed by atoms with Crippen molar-refractivity contribution < 1.29 is 28.6 Å². The molecule has 0 saturated carbocycles. The Morgan fingerprint density at radius 2 is 1.58 bits per heavy atom. The monoisotopic (exact) mass is 425 g/mol. The van der Waals surface area contributed by atoms with Gasteiger partial charge in [-0.2, -0.15) is 0 Å². The molecule has 3 rings (SSSR count). The Labute approximate surface area is 179 Å². The van der Waals surface area contributed by atoms with Gasteiger partial charge in [-0.05, 0) is 32.0 Å². The van der Waals surface area contributed by atoms with E-state index >= 15 is 0 Å². The van der Waals surface area contributed by atoms with Gasteiger partial charge in [-0.1, -0.05) is 42.5 Å². The lowest BCUT2D eigenvalue weighted by molar-refractivity contribution is -0.143. The number of rotatable bonds is 9. The molecular weight excluding hydrogens is 401 g/mol. The van der Waals surface area contributed by atoms with E-state index in [4.69, 9.17) is 9.47 Å². The molecule has 0 aliphatic rings. The summed E-state index contributed by atoms with van der Waals surface area (Å²) in [6, 6.07) is 17.1. The SMILES string of the molecule is CC(C)(NC(=O)c1cc(F)c2ccccc2c1OCCCOc1ccccc1)C(=O)O. The zero-order chi connectivity index (χ0) is 22.4. The quantitative estimate of drug-likeness (QED) is 0.496. The molecule has 3 aromatic carbocycles. The molecule has 0 atom stereocenters. The summed E-state index contributed by atoms with van der Waals surface area (Å²) in [6.45, 7) is 3.33. The second-order valence-electron chi connectivity index (χ2n) is 7.53. The van der Waals surface area contributed by atoms with E-state index in [1.54, 1.807) is 24.3 Å². The molecular formula is C24H24FNO5. The largest absolute Gasteiger partial charge is 0.493 e. The molecule has 0 saturated heterocycles. The normalized spacial score (nSPS) is 11.2. The Morgan fingerprint density at radius 3 is 2.26 bits per heavy atom. The molecule has 0 aliphatic carbocycles. The number of fused-ring (bicyclic) bond motifs is 1. The van der Waals surface area contributed by atoms with Gasteiger partial charge in [0.15, 0.2) is 0 Å². The Kier molecular flexibility index (Phi) is 6.74. The average Bonchev–Trinajstić information content (AvgIpc) is 2.75. The van der Waals surface area contributed by atoms with Gasteiger partial charge in [-0.15, -0.1) is 0 Å². The molecule has 0 fully saturated rings. The number of carboxylic acids is 1. The first-order valence-electron chi connectivity index (χ1n) is 9.87. The molecule has 3 aromatic rings. The van der Waals surface area contributed by atoms with Crippen molar-refractivity contribution >= 4 is 22.6 Å². The number of hydrogen-bond donors (Lipinski definition) is 2. The van der Waals surface area contributed by atoms with Crippen molar-refractivity contribution in [2.75, 3.05) is 13.2 Å². The lowest BCUT2D eigenvalue weighted by atomic mass is 10.0. The fourth-order valence-electron chi connectivity index (χ4n) is 2.97. The maximum absolute atomic E-state index is 14.6. The van der Waals surface area contributed by atoms with Gasteiger partial charge in [0.25, 0.3) is 5.91 Å². The van der Waals surface area contributed by atoms with Crippen molar-refractivity contribution in [2.24, 2.45) is 0 Å². The topological polar surface area (TPSA) is 84.9 Å². The molecule has 31 heavy (non-hydrogen) atoms. The fourth-order valence-corrected chi connectivity index (χ4v) is 2.97. The number of para-hydroxylation sites is 1. The molecule has 0 heterocycles. The van der Waals surface area contributed by atoms with Gasteiger partial charge >= 0.3 is 5.97 Å². The molecule has 0 aliphatic heterocycles. The van der Waals surface area contributed by atoms with E-state index in [-0.39, 0.29) is 17.9 Å². The highest BCUT2D eigenvalue weighted by Gasteiger charge is 2.31. The second kappa shape index (κ2) is 9.47. The van der Waals surface area contributed by atoms with Gasteiger partial charge in [-0.3, -0.25) is 4.79 Å². The number of ether oxygens (including phenoxy) is 2. The second-order valence-corrected chi connectivity index (χ2v) is 7.53. The van der Waals surface area contributed by atoms with Gasteiger partial charge in [0.1, 0.15) is 22.9 Å². The van der Waals surface area contributed by atoms with Gasteiger partial charge in [0.05, 0.1) is 18.8 Å². The third-order valence-corrected chi connectivity index (χ3v) is 4.70. The van der Waals surface area contributed by atoms with Crippen LogP contribution in [0.25, 0.3) is 10.8 Å². The van der Waals surface area contributed by atoms with Gasteiger partial charge in [0, 0.05) is 17.2 Å². The van der Waals surface area contributed by atoms with Crippen LogP contribution in [0.1, 0.15) is 30.6 Å². The average molecular weight is 425 g/mol. The number of nitrogens with one attached hydrogen (secondary N) is 1. The molecule has 7 heteroatoms. The minimum absolute atomic E-state index is 0.0606. The minimum atomic E-state index is -1.53. The van der Waals surface area contributed by atoms with Crippen LogP contribution in [0.4, 0.5) is 4.39 Å². The first-order chi connectivity index (χ1) is 14.8. The molecule has 2 N–H and O–H groups in total. The Hall–Kier alpha value is -3.61. The van der Waals surface area contributed by atoms with E-state index in [1.807, 2.05) is 30.3 Å². The number of halogens is 1. The smallest absolute Gasteiger partial charge is 0.328 e. The van der Waals surface area contributed by atoms with Crippen LogP contribution in [0.3, 0.4) is 0 Å². The molecule has 0 radical (unpaired) electrons. The van der Waals surface area contributed by atoms with Crippen LogP contribution in [-0.2, 0) is 4.79 Å². The number of amides is 1. The number of benzene rings is 3. The highest BCUT2D eigenvalue weighted by atomic mass is 19.1. The van der Waals surface area contributed by atoms with Crippen molar-refractivity contribution in [2.45, 2.75) is 25.8 Å². The van der Waals surface area contributed by atoms with Crippen molar-refractivity contribution in [3.05, 3.63) is 72.0 Å². The maximum Gasteiger partial charge on any atom is 0.328 e. The van der Waals surface area contributed by atoms with Crippen molar-refractivity contribution in [1.82, 2.24) is 5.32 Å². The predicted octanol–water partition coefficient (Wildman–Crippen LogP) is 4.42. The van der Waals surface area contributed by atoms with Crippen LogP contribution in [0.15, 0.2) is 60.7 Å². The molecule has 0 unspecified atom stereocenters. The Morgan fingerprint density at radius 1 is 0.968 bits per heavy atom. The summed E-state index contributed by atoms with van der Waals surface area (Å²) in [4.78, 5) is 24.2. The third kappa shape index (κ3) is 5.31. The number of hydrogen-bond acceptors (Lipinski definition) is 4. The van der Waals surface area contributed by atoms with Crippen LogP contribution < -0.4 is 14.8 Å². The summed E-state index contributed by atoms with van der Waals surface area (Å²) in [6.07, 6.45) is 0.530. The number of carboxylic acid groups (broad SMARTS) is 1. The first-order valence-corrected chi connectivity index (χ1v) is 9.87. The van der Waals surface area contributed by atoms with Crippen molar-refractivity contribution in [1.29, 1.82) is 0 Å². The van der Waals surface area contributed by atoms with Crippen LogP contribution in [0.5, 0.6) is 11.5 Å². The van der Waals surface area contributed by atoms with Crippen LogP contribution in [0.2, 0.25) is 0 Å². The zero-order valence-corrected chi connectivity index (χ0v) is 17.4. The van der Waals surface area contributed by atoms with Crippen molar-refractivity contribution in [3.8, 4) is 11.5 Å². The lowest BCUT2D eigenvalue weighted by Crippen LogP contribution is -2.49. The molecule has 0 spiro atoms. The number of carbonyl (C=O) groups is 2. The van der Waals surface area contributed by atoms with E-state index in [9.17, 15) is 19.1 Å². The fraction of sp³-hybridized carbons (Fsp3) is 0.250. The van der Waals surface area contributed by atoms with E-state index in [0.29, 0.717) is 23.8 Å². The van der Waals surface area contributed by atoms with Gasteiger partial charge in [-0.25, -0.2) is 9.18 Å². The van der Waals surface area contributed by atoms with Gasteiger partial charge in [0.2, 0.25) is 0 Å². The van der Waals surface area contributed by atoms with E-state index in [0.717, 1.165) is 11.8 Å². The Bertz CT molecular complexity index is 1080.